The molecule has 2 aromatic heterocycles. The lowest BCUT2D eigenvalue weighted by Gasteiger charge is -2.19. The summed E-state index contributed by atoms with van der Waals surface area (Å²) >= 11 is 1.85. The van der Waals surface area contributed by atoms with E-state index in [1.54, 1.807) is 26.2 Å². The molecule has 0 bridgehead atoms. The zero-order valence-electron chi connectivity index (χ0n) is 16.7. The van der Waals surface area contributed by atoms with Gasteiger partial charge in [-0.05, 0) is 56.3 Å². The van der Waals surface area contributed by atoms with Gasteiger partial charge in [0.25, 0.3) is 0 Å². The van der Waals surface area contributed by atoms with E-state index in [-0.39, 0.29) is 22.7 Å². The summed E-state index contributed by atoms with van der Waals surface area (Å²) in [5.41, 5.74) is 0.258. The van der Waals surface area contributed by atoms with Crippen molar-refractivity contribution in [3.8, 4) is 0 Å². The molecule has 0 saturated carbocycles. The number of hydrogen-bond acceptors (Lipinski definition) is 6. The number of carbonyl (C=O) groups is 2. The topological polar surface area (TPSA) is 79.5 Å². The molecular formula is C19H22F3N3O3S2. The SMILES string of the molecule is CC(C)(C)OC(=O)c1ccsc1NC(=O)NCc1c(C(F)(F)F)sc2c1CCNC2. The van der Waals surface area contributed by atoms with E-state index in [9.17, 15) is 22.8 Å². The maximum atomic E-state index is 13.5. The fraction of sp³-hybridized carbons (Fsp3) is 0.474. The second kappa shape index (κ2) is 8.56. The Labute approximate surface area is 179 Å². The maximum Gasteiger partial charge on any atom is 0.425 e. The standard InChI is InChI=1S/C19H22F3N3O3S2/c1-18(2,3)28-16(26)11-5-7-29-15(11)25-17(27)24-8-12-10-4-6-23-9-13(10)30-14(12)19(20,21)22/h5,7,23H,4,6,8-9H2,1-3H3,(H2,24,25,27). The third-order valence-corrected chi connectivity index (χ3v) is 6.38. The molecule has 0 spiro atoms. The Kier molecular flexibility index (Phi) is 6.44. The van der Waals surface area contributed by atoms with Gasteiger partial charge in [0.15, 0.2) is 0 Å². The molecular weight excluding hydrogens is 439 g/mol. The first kappa shape index (κ1) is 22.6. The molecule has 30 heavy (non-hydrogen) atoms. The minimum Gasteiger partial charge on any atom is -0.456 e. The molecule has 0 fully saturated rings. The van der Waals surface area contributed by atoms with Gasteiger partial charge >= 0.3 is 18.2 Å². The number of anilines is 1. The molecule has 0 radical (unpaired) electrons. The number of alkyl halides is 3. The van der Waals surface area contributed by atoms with Crippen LogP contribution >= 0.6 is 22.7 Å². The summed E-state index contributed by atoms with van der Waals surface area (Å²) in [6, 6.07) is 0.836. The normalized spacial score (nSPS) is 14.2. The predicted molar refractivity (Wildman–Crippen MR) is 110 cm³/mol. The lowest BCUT2D eigenvalue weighted by Crippen LogP contribution is -2.30. The van der Waals surface area contributed by atoms with Gasteiger partial charge in [0.1, 0.15) is 15.5 Å². The fourth-order valence-electron chi connectivity index (χ4n) is 3.03. The lowest BCUT2D eigenvalue weighted by molar-refractivity contribution is -0.135. The summed E-state index contributed by atoms with van der Waals surface area (Å²) in [5.74, 6) is -0.585. The number of nitrogens with one attached hydrogen (secondary N) is 3. The van der Waals surface area contributed by atoms with Crippen molar-refractivity contribution >= 4 is 39.7 Å². The van der Waals surface area contributed by atoms with Crippen molar-refractivity contribution < 1.29 is 27.5 Å². The molecule has 2 aromatic rings. The van der Waals surface area contributed by atoms with Gasteiger partial charge in [-0.2, -0.15) is 13.2 Å². The Morgan fingerprint density at radius 3 is 2.67 bits per heavy atom. The Morgan fingerprint density at radius 1 is 1.27 bits per heavy atom. The number of ether oxygens (including phenoxy) is 1. The first-order chi connectivity index (χ1) is 14.0. The van der Waals surface area contributed by atoms with Crippen molar-refractivity contribution in [1.29, 1.82) is 0 Å². The number of hydrogen-bond donors (Lipinski definition) is 3. The van der Waals surface area contributed by atoms with Gasteiger partial charge in [0.05, 0.1) is 5.56 Å². The summed E-state index contributed by atoms with van der Waals surface area (Å²) in [5, 5.41) is 9.98. The summed E-state index contributed by atoms with van der Waals surface area (Å²) in [4.78, 5) is 24.6. The first-order valence-electron chi connectivity index (χ1n) is 9.22. The first-order valence-corrected chi connectivity index (χ1v) is 10.9. The van der Waals surface area contributed by atoms with Crippen LogP contribution in [0.5, 0.6) is 0 Å². The number of amides is 2. The van der Waals surface area contributed by atoms with Crippen molar-refractivity contribution in [2.24, 2.45) is 0 Å². The van der Waals surface area contributed by atoms with E-state index in [0.717, 1.165) is 22.7 Å². The average Bonchev–Trinajstić information content (AvgIpc) is 3.22. The van der Waals surface area contributed by atoms with Gasteiger partial charge in [-0.15, -0.1) is 22.7 Å². The van der Waals surface area contributed by atoms with Crippen LogP contribution in [0.1, 0.15) is 52.0 Å². The summed E-state index contributed by atoms with van der Waals surface area (Å²) in [6.07, 6.45) is -4.00. The van der Waals surface area contributed by atoms with E-state index in [1.165, 1.54) is 6.07 Å². The van der Waals surface area contributed by atoms with E-state index < -0.39 is 28.7 Å². The Bertz CT molecular complexity index is 945. The number of rotatable bonds is 4. The molecule has 0 aromatic carbocycles. The van der Waals surface area contributed by atoms with Gasteiger partial charge < -0.3 is 15.4 Å². The zero-order chi connectivity index (χ0) is 22.1. The number of esters is 1. The van der Waals surface area contributed by atoms with Crippen LogP contribution in [0.15, 0.2) is 11.4 Å². The molecule has 0 saturated heterocycles. The predicted octanol–water partition coefficient (Wildman–Crippen LogP) is 4.75. The van der Waals surface area contributed by atoms with E-state index in [1.807, 2.05) is 0 Å². The molecule has 1 aliphatic heterocycles. The molecule has 0 atom stereocenters. The number of urea groups is 1. The van der Waals surface area contributed by atoms with Gasteiger partial charge in [-0.25, -0.2) is 9.59 Å². The van der Waals surface area contributed by atoms with Crippen molar-refractivity contribution in [1.82, 2.24) is 10.6 Å². The number of halogens is 3. The molecule has 164 valence electrons. The van der Waals surface area contributed by atoms with Gasteiger partial charge in [-0.1, -0.05) is 0 Å². The number of fused-ring (bicyclic) bond motifs is 1. The Morgan fingerprint density at radius 2 is 2.00 bits per heavy atom. The highest BCUT2D eigenvalue weighted by Gasteiger charge is 2.38. The number of carbonyl (C=O) groups excluding carboxylic acids is 2. The monoisotopic (exact) mass is 461 g/mol. The van der Waals surface area contributed by atoms with Crippen LogP contribution in [-0.2, 0) is 30.4 Å². The van der Waals surface area contributed by atoms with Crippen molar-refractivity contribution in [3.63, 3.8) is 0 Å². The van der Waals surface area contributed by atoms with Crippen molar-refractivity contribution in [2.45, 2.75) is 52.1 Å². The molecule has 0 aliphatic carbocycles. The molecule has 0 unspecified atom stereocenters. The van der Waals surface area contributed by atoms with Crippen molar-refractivity contribution in [2.75, 3.05) is 11.9 Å². The number of thiophene rings is 2. The minimum atomic E-state index is -4.48. The molecule has 11 heteroatoms. The Balaban J connectivity index is 1.70. The van der Waals surface area contributed by atoms with E-state index in [2.05, 4.69) is 16.0 Å². The molecule has 3 rings (SSSR count). The minimum absolute atomic E-state index is 0.109. The van der Waals surface area contributed by atoms with Gasteiger partial charge in [-0.3, -0.25) is 5.32 Å². The summed E-state index contributed by atoms with van der Waals surface area (Å²) in [6.45, 7) is 5.92. The van der Waals surface area contributed by atoms with Crippen LogP contribution in [0.3, 0.4) is 0 Å². The van der Waals surface area contributed by atoms with E-state index in [0.29, 0.717) is 30.0 Å². The highest BCUT2D eigenvalue weighted by atomic mass is 32.1. The third-order valence-electron chi connectivity index (χ3n) is 4.23. The zero-order valence-corrected chi connectivity index (χ0v) is 18.3. The van der Waals surface area contributed by atoms with Crippen LogP contribution in [-0.4, -0.2) is 24.1 Å². The molecule has 1 aliphatic rings. The van der Waals surface area contributed by atoms with E-state index in [4.69, 9.17) is 4.74 Å². The lowest BCUT2D eigenvalue weighted by atomic mass is 10.0. The van der Waals surface area contributed by atoms with Crippen LogP contribution in [0.2, 0.25) is 0 Å². The highest BCUT2D eigenvalue weighted by Crippen LogP contribution is 2.41. The highest BCUT2D eigenvalue weighted by molar-refractivity contribution is 7.14. The third kappa shape index (κ3) is 5.32. The van der Waals surface area contributed by atoms with Crippen molar-refractivity contribution in [3.05, 3.63) is 37.9 Å². The summed E-state index contributed by atoms with van der Waals surface area (Å²) in [7, 11) is 0. The van der Waals surface area contributed by atoms with E-state index >= 15 is 0 Å². The van der Waals surface area contributed by atoms with Gasteiger partial charge in [0, 0.05) is 18.0 Å². The van der Waals surface area contributed by atoms with Crippen LogP contribution < -0.4 is 16.0 Å². The fourth-order valence-corrected chi connectivity index (χ4v) is 5.01. The van der Waals surface area contributed by atoms with Crippen LogP contribution in [0.25, 0.3) is 0 Å². The second-order valence-electron chi connectivity index (χ2n) is 7.71. The average molecular weight is 462 g/mol. The molecule has 3 N–H and O–H groups in total. The molecule has 3 heterocycles. The smallest absolute Gasteiger partial charge is 0.425 e. The largest absolute Gasteiger partial charge is 0.456 e. The maximum absolute atomic E-state index is 13.5. The Hall–Kier alpha value is -2.11. The molecule has 2 amide bonds. The van der Waals surface area contributed by atoms with Crippen LogP contribution in [0, 0.1) is 0 Å². The second-order valence-corrected chi connectivity index (χ2v) is 9.73. The van der Waals surface area contributed by atoms with Crippen LogP contribution in [0.4, 0.5) is 23.0 Å². The quantitative estimate of drug-likeness (QED) is 0.574. The molecule has 6 nitrogen and oxygen atoms in total. The summed E-state index contributed by atoms with van der Waals surface area (Å²) < 4.78 is 45.7. The van der Waals surface area contributed by atoms with Gasteiger partial charge in [0.2, 0.25) is 0 Å².